The van der Waals surface area contributed by atoms with Gasteiger partial charge in [0.2, 0.25) is 0 Å². The van der Waals surface area contributed by atoms with Gasteiger partial charge in [0.25, 0.3) is 0 Å². The number of carbonyl (C=O) groups is 2. The zero-order valence-corrected chi connectivity index (χ0v) is 28.0. The summed E-state index contributed by atoms with van der Waals surface area (Å²) in [7, 11) is 3.39. The zero-order valence-electron chi connectivity index (χ0n) is 28.0. The minimum Gasteiger partial charge on any atom is -0.457 e. The van der Waals surface area contributed by atoms with Gasteiger partial charge in [-0.25, -0.2) is 4.79 Å². The lowest BCUT2D eigenvalue weighted by Gasteiger charge is -2.34. The number of carbonyl (C=O) groups excluding carboxylic acids is 2. The van der Waals surface area contributed by atoms with E-state index in [1.165, 1.54) is 11.3 Å². The number of hydrogen-bond acceptors (Lipinski definition) is 5. The molecule has 0 saturated carbocycles. The summed E-state index contributed by atoms with van der Waals surface area (Å²) >= 11 is 0. The molecule has 2 heterocycles. The highest BCUT2D eigenvalue weighted by atomic mass is 16.6. The molecule has 0 aliphatic carbocycles. The summed E-state index contributed by atoms with van der Waals surface area (Å²) in [6.45, 7) is 21.8. The second kappa shape index (κ2) is 14.9. The van der Waals surface area contributed by atoms with E-state index >= 15 is 0 Å². The van der Waals surface area contributed by atoms with Gasteiger partial charge in [0, 0.05) is 31.8 Å². The summed E-state index contributed by atoms with van der Waals surface area (Å²) in [6, 6.07) is 0. The van der Waals surface area contributed by atoms with E-state index in [9.17, 15) is 9.59 Å². The standard InChI is InChI=1S/C35H59NO5/c1-13-24(3)27(6)32-28(39-32)22-34(7,8)19-14-15-25(4)31-26(5)16-17-29(40-33(38)36(11)12)35(9,10)20-18-23(2)21-30(37)41-31/h14-17,19,23-24,26-29,31-32H,13,18,20-22H2,1-12H3/b17-16+,19-14+,25-15+. The number of hydrogen-bond donors (Lipinski definition) is 0. The van der Waals surface area contributed by atoms with E-state index in [4.69, 9.17) is 14.2 Å². The Morgan fingerprint density at radius 2 is 1.88 bits per heavy atom. The summed E-state index contributed by atoms with van der Waals surface area (Å²) in [6.07, 6.45) is 14.2. The van der Waals surface area contributed by atoms with Crippen molar-refractivity contribution in [2.24, 2.45) is 34.5 Å². The van der Waals surface area contributed by atoms with Crippen LogP contribution in [0.15, 0.2) is 36.0 Å². The summed E-state index contributed by atoms with van der Waals surface area (Å²) in [5.74, 6) is 1.17. The maximum Gasteiger partial charge on any atom is 0.409 e. The molecule has 0 N–H and O–H groups in total. The summed E-state index contributed by atoms with van der Waals surface area (Å²) in [5.41, 5.74) is 0.703. The van der Waals surface area contributed by atoms with Crippen LogP contribution in [0.3, 0.4) is 0 Å². The number of allylic oxidation sites excluding steroid dienone is 3. The third kappa shape index (κ3) is 10.9. The Kier molecular flexibility index (Phi) is 12.8. The fourth-order valence-corrected chi connectivity index (χ4v) is 5.62. The number of esters is 1. The molecule has 1 amide bonds. The van der Waals surface area contributed by atoms with Crippen molar-refractivity contribution in [3.8, 4) is 0 Å². The van der Waals surface area contributed by atoms with Crippen molar-refractivity contribution < 1.29 is 23.8 Å². The van der Waals surface area contributed by atoms with Crippen LogP contribution < -0.4 is 0 Å². The largest absolute Gasteiger partial charge is 0.457 e. The second-order valence-electron chi connectivity index (χ2n) is 14.5. The molecular formula is C35H59NO5. The SMILES string of the molecule is CCC(C)C(C)C1OC1CC(C)(C)/C=C/C=C(\C)C1OC(=O)CC(C)CCC(C)(C)C(OC(=O)N(C)C)/C=C/C1C. The predicted molar refractivity (Wildman–Crippen MR) is 168 cm³/mol. The molecule has 8 unspecified atom stereocenters. The van der Waals surface area contributed by atoms with Gasteiger partial charge in [-0.05, 0) is 61.0 Å². The number of epoxide rings is 1. The summed E-state index contributed by atoms with van der Waals surface area (Å²) in [5, 5.41) is 0. The monoisotopic (exact) mass is 573 g/mol. The maximum absolute atomic E-state index is 13.0. The van der Waals surface area contributed by atoms with Crippen molar-refractivity contribution in [1.29, 1.82) is 0 Å². The molecule has 2 aliphatic rings. The van der Waals surface area contributed by atoms with Crippen LogP contribution >= 0.6 is 0 Å². The van der Waals surface area contributed by atoms with Crippen LogP contribution in [0.2, 0.25) is 0 Å². The smallest absolute Gasteiger partial charge is 0.409 e. The fraction of sp³-hybridized carbons (Fsp3) is 0.771. The van der Waals surface area contributed by atoms with Crippen LogP contribution in [0.4, 0.5) is 4.79 Å². The Morgan fingerprint density at radius 3 is 2.49 bits per heavy atom. The van der Waals surface area contributed by atoms with Crippen LogP contribution in [0.5, 0.6) is 0 Å². The topological polar surface area (TPSA) is 68.4 Å². The van der Waals surface area contributed by atoms with E-state index < -0.39 is 6.10 Å². The van der Waals surface area contributed by atoms with E-state index in [0.717, 1.165) is 24.8 Å². The van der Waals surface area contributed by atoms with Gasteiger partial charge in [0.15, 0.2) is 0 Å². The van der Waals surface area contributed by atoms with Gasteiger partial charge < -0.3 is 19.1 Å². The Bertz CT molecular complexity index is 962. The Morgan fingerprint density at radius 1 is 1.22 bits per heavy atom. The minimum atomic E-state index is -0.404. The normalized spacial score (nSPS) is 31.8. The lowest BCUT2D eigenvalue weighted by atomic mass is 9.78. The highest BCUT2D eigenvalue weighted by molar-refractivity contribution is 5.70. The van der Waals surface area contributed by atoms with Gasteiger partial charge in [-0.3, -0.25) is 4.79 Å². The molecule has 0 aromatic rings. The fourth-order valence-electron chi connectivity index (χ4n) is 5.62. The molecule has 0 radical (unpaired) electrons. The summed E-state index contributed by atoms with van der Waals surface area (Å²) in [4.78, 5) is 26.9. The molecule has 1 saturated heterocycles. The number of rotatable bonds is 9. The number of ether oxygens (including phenoxy) is 3. The van der Waals surface area contributed by atoms with Crippen LogP contribution in [-0.2, 0) is 19.0 Å². The molecule has 2 rings (SSSR count). The van der Waals surface area contributed by atoms with Gasteiger partial charge in [-0.2, -0.15) is 0 Å². The van der Waals surface area contributed by atoms with Gasteiger partial charge in [0.05, 0.1) is 12.2 Å². The highest BCUT2D eigenvalue weighted by Gasteiger charge is 2.46. The van der Waals surface area contributed by atoms with E-state index in [-0.39, 0.29) is 40.8 Å². The lowest BCUT2D eigenvalue weighted by Crippen LogP contribution is -2.37. The lowest BCUT2D eigenvalue weighted by molar-refractivity contribution is -0.149. The first-order valence-electron chi connectivity index (χ1n) is 15.7. The van der Waals surface area contributed by atoms with Gasteiger partial charge >= 0.3 is 12.1 Å². The molecule has 1 fully saturated rings. The highest BCUT2D eigenvalue weighted by Crippen LogP contribution is 2.41. The quantitative estimate of drug-likeness (QED) is 0.120. The molecular weight excluding hydrogens is 514 g/mol. The van der Waals surface area contributed by atoms with E-state index in [1.54, 1.807) is 14.1 Å². The van der Waals surface area contributed by atoms with Gasteiger partial charge in [-0.15, -0.1) is 0 Å². The van der Waals surface area contributed by atoms with Crippen molar-refractivity contribution in [2.75, 3.05) is 14.1 Å². The number of nitrogens with zero attached hydrogens (tertiary/aromatic N) is 1. The van der Waals surface area contributed by atoms with Crippen LogP contribution in [0, 0.1) is 34.5 Å². The first-order chi connectivity index (χ1) is 19.0. The molecule has 0 aromatic heterocycles. The van der Waals surface area contributed by atoms with E-state index in [2.05, 4.69) is 80.5 Å². The Labute approximate surface area is 250 Å². The Balaban J connectivity index is 2.21. The van der Waals surface area contributed by atoms with Crippen molar-refractivity contribution in [2.45, 2.75) is 126 Å². The summed E-state index contributed by atoms with van der Waals surface area (Å²) < 4.78 is 18.1. The van der Waals surface area contributed by atoms with Crippen LogP contribution in [-0.4, -0.2) is 55.5 Å². The third-order valence-corrected chi connectivity index (χ3v) is 9.25. The first-order valence-corrected chi connectivity index (χ1v) is 15.7. The maximum atomic E-state index is 13.0. The molecule has 41 heavy (non-hydrogen) atoms. The average molecular weight is 574 g/mol. The van der Waals surface area contributed by atoms with Crippen molar-refractivity contribution in [3.63, 3.8) is 0 Å². The zero-order chi connectivity index (χ0) is 31.1. The van der Waals surface area contributed by atoms with Crippen LogP contribution in [0.25, 0.3) is 0 Å². The Hall–Kier alpha value is -2.08. The molecule has 6 heteroatoms. The average Bonchev–Trinajstić information content (AvgIpc) is 3.64. The van der Waals surface area contributed by atoms with E-state index in [1.807, 2.05) is 19.1 Å². The van der Waals surface area contributed by atoms with Crippen molar-refractivity contribution in [3.05, 3.63) is 36.0 Å². The molecule has 2 aliphatic heterocycles. The molecule has 234 valence electrons. The molecule has 6 nitrogen and oxygen atoms in total. The predicted octanol–water partition coefficient (Wildman–Crippen LogP) is 8.37. The molecule has 8 atom stereocenters. The third-order valence-electron chi connectivity index (χ3n) is 9.25. The van der Waals surface area contributed by atoms with Gasteiger partial charge in [-0.1, -0.05) is 93.0 Å². The van der Waals surface area contributed by atoms with Crippen molar-refractivity contribution >= 4 is 12.1 Å². The van der Waals surface area contributed by atoms with Crippen molar-refractivity contribution in [1.82, 2.24) is 4.90 Å². The second-order valence-corrected chi connectivity index (χ2v) is 14.5. The van der Waals surface area contributed by atoms with E-state index in [0.29, 0.717) is 30.5 Å². The molecule has 0 spiro atoms. The first kappa shape index (κ1) is 35.1. The molecule has 0 bridgehead atoms. The van der Waals surface area contributed by atoms with Crippen LogP contribution in [0.1, 0.15) is 101 Å². The number of amides is 1. The minimum absolute atomic E-state index is 0.00931. The number of cyclic esters (lactones) is 1. The molecule has 0 aromatic carbocycles. The van der Waals surface area contributed by atoms with Gasteiger partial charge in [0.1, 0.15) is 12.2 Å².